The van der Waals surface area contributed by atoms with Gasteiger partial charge in [0.2, 0.25) is 5.91 Å². The van der Waals surface area contributed by atoms with E-state index in [4.69, 9.17) is 9.47 Å². The standard InChI is InChI=1S/C17H21NO3/c1-18(17(19)11-2-3-11)7-4-14-13-6-9-20-15(13)10-12-5-8-21-16(12)14/h10-11H,2-9H2,1H3. The Morgan fingerprint density at radius 2 is 2.10 bits per heavy atom. The number of ether oxygens (including phenoxy) is 2. The molecule has 1 aromatic carbocycles. The van der Waals surface area contributed by atoms with Crippen molar-refractivity contribution in [2.75, 3.05) is 26.8 Å². The minimum atomic E-state index is 0.293. The third-order valence-corrected chi connectivity index (χ3v) is 4.76. The van der Waals surface area contributed by atoms with Crippen molar-refractivity contribution in [3.05, 3.63) is 22.8 Å². The second-order valence-corrected chi connectivity index (χ2v) is 6.30. The fourth-order valence-corrected chi connectivity index (χ4v) is 3.38. The monoisotopic (exact) mass is 287 g/mol. The fourth-order valence-electron chi connectivity index (χ4n) is 3.38. The first-order valence-electron chi connectivity index (χ1n) is 7.92. The van der Waals surface area contributed by atoms with E-state index < -0.39 is 0 Å². The molecular weight excluding hydrogens is 266 g/mol. The van der Waals surface area contributed by atoms with E-state index in [1.165, 1.54) is 16.7 Å². The summed E-state index contributed by atoms with van der Waals surface area (Å²) in [7, 11) is 1.92. The second kappa shape index (κ2) is 4.93. The molecule has 0 N–H and O–H groups in total. The lowest BCUT2D eigenvalue weighted by molar-refractivity contribution is -0.131. The number of amides is 1. The van der Waals surface area contributed by atoms with Gasteiger partial charge in [-0.05, 0) is 25.3 Å². The Morgan fingerprint density at radius 3 is 2.90 bits per heavy atom. The zero-order chi connectivity index (χ0) is 14.4. The van der Waals surface area contributed by atoms with Gasteiger partial charge in [0.05, 0.1) is 13.2 Å². The molecule has 112 valence electrons. The van der Waals surface area contributed by atoms with Gasteiger partial charge in [-0.15, -0.1) is 0 Å². The molecule has 2 aliphatic heterocycles. The van der Waals surface area contributed by atoms with Gasteiger partial charge in [-0.25, -0.2) is 0 Å². The Hall–Kier alpha value is -1.71. The van der Waals surface area contributed by atoms with Crippen molar-refractivity contribution in [3.8, 4) is 11.5 Å². The molecule has 3 aliphatic rings. The first kappa shape index (κ1) is 13.0. The van der Waals surface area contributed by atoms with E-state index in [9.17, 15) is 4.79 Å². The summed E-state index contributed by atoms with van der Waals surface area (Å²) in [5, 5.41) is 0. The van der Waals surface area contributed by atoms with Gasteiger partial charge in [0.1, 0.15) is 11.5 Å². The van der Waals surface area contributed by atoms with Crippen molar-refractivity contribution >= 4 is 5.91 Å². The Labute approximate surface area is 125 Å². The smallest absolute Gasteiger partial charge is 0.225 e. The van der Waals surface area contributed by atoms with Gasteiger partial charge in [0, 0.05) is 49.0 Å². The van der Waals surface area contributed by atoms with Crippen LogP contribution in [0.2, 0.25) is 0 Å². The number of hydrogen-bond acceptors (Lipinski definition) is 3. The van der Waals surface area contributed by atoms with Crippen LogP contribution in [-0.2, 0) is 24.1 Å². The van der Waals surface area contributed by atoms with E-state index in [0.29, 0.717) is 11.8 Å². The molecule has 4 heteroatoms. The highest BCUT2D eigenvalue weighted by molar-refractivity contribution is 5.80. The molecule has 4 nitrogen and oxygen atoms in total. The van der Waals surface area contributed by atoms with Gasteiger partial charge in [-0.3, -0.25) is 4.79 Å². The number of carbonyl (C=O) groups is 1. The van der Waals surface area contributed by atoms with Crippen LogP contribution in [-0.4, -0.2) is 37.6 Å². The zero-order valence-electron chi connectivity index (χ0n) is 12.5. The van der Waals surface area contributed by atoms with Gasteiger partial charge >= 0.3 is 0 Å². The summed E-state index contributed by atoms with van der Waals surface area (Å²) >= 11 is 0. The summed E-state index contributed by atoms with van der Waals surface area (Å²) in [5.41, 5.74) is 3.83. The maximum Gasteiger partial charge on any atom is 0.225 e. The van der Waals surface area contributed by atoms with Crippen LogP contribution in [0.25, 0.3) is 0 Å². The predicted molar refractivity (Wildman–Crippen MR) is 78.9 cm³/mol. The average molecular weight is 287 g/mol. The molecule has 1 fully saturated rings. The zero-order valence-corrected chi connectivity index (χ0v) is 12.5. The highest BCUT2D eigenvalue weighted by atomic mass is 16.5. The molecule has 0 spiro atoms. The molecule has 1 saturated carbocycles. The van der Waals surface area contributed by atoms with Gasteiger partial charge in [-0.1, -0.05) is 0 Å². The maximum absolute atomic E-state index is 12.1. The molecule has 4 rings (SSSR count). The first-order valence-corrected chi connectivity index (χ1v) is 7.92. The average Bonchev–Trinajstić information content (AvgIpc) is 3.05. The van der Waals surface area contributed by atoms with E-state index in [1.807, 2.05) is 11.9 Å². The van der Waals surface area contributed by atoms with Crippen molar-refractivity contribution in [2.24, 2.45) is 5.92 Å². The largest absolute Gasteiger partial charge is 0.493 e. The van der Waals surface area contributed by atoms with Gasteiger partial charge in [0.25, 0.3) is 0 Å². The molecule has 0 radical (unpaired) electrons. The molecule has 0 unspecified atom stereocenters. The van der Waals surface area contributed by atoms with Crippen molar-refractivity contribution in [1.29, 1.82) is 0 Å². The molecule has 1 aliphatic carbocycles. The lowest BCUT2D eigenvalue weighted by Crippen LogP contribution is -2.30. The molecule has 2 heterocycles. The fraction of sp³-hybridized carbons (Fsp3) is 0.588. The third kappa shape index (κ3) is 2.27. The van der Waals surface area contributed by atoms with Crippen molar-refractivity contribution in [1.82, 2.24) is 4.90 Å². The quantitative estimate of drug-likeness (QED) is 0.850. The lowest BCUT2D eigenvalue weighted by atomic mass is 9.97. The number of rotatable bonds is 4. The summed E-state index contributed by atoms with van der Waals surface area (Å²) in [6.45, 7) is 2.30. The number of fused-ring (bicyclic) bond motifs is 2. The molecule has 1 aromatic rings. The predicted octanol–water partition coefficient (Wildman–Crippen LogP) is 1.97. The highest BCUT2D eigenvalue weighted by Crippen LogP contribution is 2.41. The summed E-state index contributed by atoms with van der Waals surface area (Å²) in [6.07, 6.45) is 4.92. The van der Waals surface area contributed by atoms with E-state index >= 15 is 0 Å². The minimum absolute atomic E-state index is 0.293. The SMILES string of the molecule is CN(CCc1c2c(cc3c1OCC3)OCC2)C(=O)C1CC1. The first-order chi connectivity index (χ1) is 10.2. The molecule has 0 saturated heterocycles. The van der Waals surface area contributed by atoms with Crippen LogP contribution >= 0.6 is 0 Å². The number of benzene rings is 1. The summed E-state index contributed by atoms with van der Waals surface area (Å²) in [5.74, 6) is 2.69. The lowest BCUT2D eigenvalue weighted by Gasteiger charge is -2.19. The van der Waals surface area contributed by atoms with Crippen LogP contribution < -0.4 is 9.47 Å². The van der Waals surface area contributed by atoms with Crippen LogP contribution in [0.3, 0.4) is 0 Å². The summed E-state index contributed by atoms with van der Waals surface area (Å²) < 4.78 is 11.6. The Kier molecular flexibility index (Phi) is 3.05. The molecule has 0 bridgehead atoms. The minimum Gasteiger partial charge on any atom is -0.493 e. The maximum atomic E-state index is 12.1. The Balaban J connectivity index is 1.55. The molecular formula is C17H21NO3. The van der Waals surface area contributed by atoms with Crippen LogP contribution in [0.15, 0.2) is 6.07 Å². The van der Waals surface area contributed by atoms with Crippen molar-refractivity contribution in [2.45, 2.75) is 32.1 Å². The van der Waals surface area contributed by atoms with Gasteiger partial charge in [-0.2, -0.15) is 0 Å². The number of likely N-dealkylation sites (N-methyl/N-ethyl adjacent to an activating group) is 1. The second-order valence-electron chi connectivity index (χ2n) is 6.30. The van der Waals surface area contributed by atoms with E-state index in [-0.39, 0.29) is 0 Å². The molecule has 1 amide bonds. The number of hydrogen-bond donors (Lipinski definition) is 0. The molecule has 21 heavy (non-hydrogen) atoms. The van der Waals surface area contributed by atoms with Crippen LogP contribution in [0.1, 0.15) is 29.5 Å². The van der Waals surface area contributed by atoms with Crippen molar-refractivity contribution in [3.63, 3.8) is 0 Å². The van der Waals surface area contributed by atoms with Gasteiger partial charge in [0.15, 0.2) is 0 Å². The van der Waals surface area contributed by atoms with E-state index in [0.717, 1.165) is 63.4 Å². The van der Waals surface area contributed by atoms with E-state index in [1.54, 1.807) is 0 Å². The summed E-state index contributed by atoms with van der Waals surface area (Å²) in [4.78, 5) is 13.9. The third-order valence-electron chi connectivity index (χ3n) is 4.76. The number of carbonyl (C=O) groups excluding carboxylic acids is 1. The number of nitrogens with zero attached hydrogens (tertiary/aromatic N) is 1. The van der Waals surface area contributed by atoms with E-state index in [2.05, 4.69) is 6.07 Å². The normalized spacial score (nSPS) is 18.7. The van der Waals surface area contributed by atoms with Gasteiger partial charge < -0.3 is 14.4 Å². The molecule has 0 aromatic heterocycles. The topological polar surface area (TPSA) is 38.8 Å². The van der Waals surface area contributed by atoms with Crippen LogP contribution in [0.5, 0.6) is 11.5 Å². The molecule has 0 atom stereocenters. The van der Waals surface area contributed by atoms with Crippen LogP contribution in [0.4, 0.5) is 0 Å². The highest BCUT2D eigenvalue weighted by Gasteiger charge is 2.32. The van der Waals surface area contributed by atoms with Crippen molar-refractivity contribution < 1.29 is 14.3 Å². The summed E-state index contributed by atoms with van der Waals surface area (Å²) in [6, 6.07) is 2.15. The Bertz CT molecular complexity index is 560. The van der Waals surface area contributed by atoms with Crippen LogP contribution in [0, 0.1) is 5.92 Å². The Morgan fingerprint density at radius 1 is 1.29 bits per heavy atom.